The number of benzene rings is 2. The van der Waals surface area contributed by atoms with Crippen LogP contribution in [0.1, 0.15) is 29.6 Å². The molecule has 6 nitrogen and oxygen atoms in total. The number of rotatable bonds is 5. The number of hydrogen-bond donors (Lipinski definition) is 2. The van der Waals surface area contributed by atoms with Gasteiger partial charge in [-0.05, 0) is 43.2 Å². The van der Waals surface area contributed by atoms with E-state index in [4.69, 9.17) is 0 Å². The van der Waals surface area contributed by atoms with Crippen molar-refractivity contribution in [1.82, 2.24) is 0 Å². The smallest absolute Gasteiger partial charge is 0.337 e. The fraction of sp³-hybridized carbons (Fsp3) is 0.364. The van der Waals surface area contributed by atoms with Gasteiger partial charge in [-0.3, -0.25) is 4.79 Å². The highest BCUT2D eigenvalue weighted by Gasteiger charge is 2.27. The second-order valence-corrected chi connectivity index (χ2v) is 7.58. The van der Waals surface area contributed by atoms with E-state index >= 15 is 0 Å². The van der Waals surface area contributed by atoms with E-state index in [2.05, 4.69) is 10.2 Å². The Labute approximate surface area is 168 Å². The van der Waals surface area contributed by atoms with Crippen molar-refractivity contribution in [3.8, 4) is 0 Å². The van der Waals surface area contributed by atoms with E-state index in [0.717, 1.165) is 24.9 Å². The molecule has 152 valence electrons. The SMILES string of the molecule is O=C(O)c1cc(N2CCN(c3ccccc3F)CC2)ccc1NC(=O)C1CCC1. The minimum Gasteiger partial charge on any atom is -0.478 e. The molecule has 1 aliphatic carbocycles. The molecule has 0 atom stereocenters. The number of amides is 1. The maximum atomic E-state index is 14.0. The van der Waals surface area contributed by atoms with Gasteiger partial charge in [0.05, 0.1) is 16.9 Å². The van der Waals surface area contributed by atoms with E-state index in [-0.39, 0.29) is 23.2 Å². The summed E-state index contributed by atoms with van der Waals surface area (Å²) in [6, 6.07) is 11.8. The Morgan fingerprint density at radius 2 is 1.69 bits per heavy atom. The maximum Gasteiger partial charge on any atom is 0.337 e. The molecule has 2 aromatic rings. The van der Waals surface area contributed by atoms with Crippen LogP contribution in [0.25, 0.3) is 0 Å². The molecular formula is C22H24FN3O3. The second-order valence-electron chi connectivity index (χ2n) is 7.58. The third-order valence-electron chi connectivity index (χ3n) is 5.81. The van der Waals surface area contributed by atoms with Crippen molar-refractivity contribution in [2.75, 3.05) is 41.3 Å². The predicted octanol–water partition coefficient (Wildman–Crippen LogP) is 3.59. The summed E-state index contributed by atoms with van der Waals surface area (Å²) in [5, 5.41) is 12.4. The summed E-state index contributed by atoms with van der Waals surface area (Å²) in [6.45, 7) is 2.59. The molecule has 0 spiro atoms. The van der Waals surface area contributed by atoms with Gasteiger partial charge in [0.25, 0.3) is 0 Å². The summed E-state index contributed by atoms with van der Waals surface area (Å²) in [5.41, 5.74) is 1.81. The van der Waals surface area contributed by atoms with Crippen LogP contribution in [0.15, 0.2) is 42.5 Å². The first-order valence-corrected chi connectivity index (χ1v) is 9.95. The number of para-hydroxylation sites is 1. The number of anilines is 3. The quantitative estimate of drug-likeness (QED) is 0.807. The summed E-state index contributed by atoms with van der Waals surface area (Å²) < 4.78 is 14.0. The summed E-state index contributed by atoms with van der Waals surface area (Å²) in [5.74, 6) is -1.42. The highest BCUT2D eigenvalue weighted by atomic mass is 19.1. The molecule has 2 fully saturated rings. The average Bonchev–Trinajstić information content (AvgIpc) is 2.67. The van der Waals surface area contributed by atoms with Crippen LogP contribution in [0.4, 0.5) is 21.5 Å². The first-order valence-electron chi connectivity index (χ1n) is 9.95. The van der Waals surface area contributed by atoms with Crippen molar-refractivity contribution >= 4 is 28.9 Å². The Hall–Kier alpha value is -3.09. The number of nitrogens with zero attached hydrogens (tertiary/aromatic N) is 2. The molecule has 0 bridgehead atoms. The third kappa shape index (κ3) is 4.04. The fourth-order valence-electron chi connectivity index (χ4n) is 3.83. The Balaban J connectivity index is 1.46. The van der Waals surface area contributed by atoms with Crippen LogP contribution in [-0.4, -0.2) is 43.2 Å². The molecule has 0 radical (unpaired) electrons. The van der Waals surface area contributed by atoms with E-state index in [9.17, 15) is 19.1 Å². The number of hydrogen-bond acceptors (Lipinski definition) is 4. The summed E-state index contributed by atoms with van der Waals surface area (Å²) in [4.78, 5) is 28.0. The second kappa shape index (κ2) is 8.11. The molecule has 1 amide bonds. The van der Waals surface area contributed by atoms with Gasteiger partial charge in [-0.2, -0.15) is 0 Å². The summed E-state index contributed by atoms with van der Waals surface area (Å²) in [7, 11) is 0. The molecule has 0 unspecified atom stereocenters. The molecule has 1 heterocycles. The lowest BCUT2D eigenvalue weighted by molar-refractivity contribution is -0.122. The van der Waals surface area contributed by atoms with Crippen molar-refractivity contribution in [3.05, 3.63) is 53.8 Å². The number of carbonyl (C=O) groups is 2. The van der Waals surface area contributed by atoms with Crippen molar-refractivity contribution in [2.45, 2.75) is 19.3 Å². The van der Waals surface area contributed by atoms with Crippen LogP contribution in [0, 0.1) is 11.7 Å². The van der Waals surface area contributed by atoms with E-state index in [1.165, 1.54) is 6.07 Å². The molecule has 2 N–H and O–H groups in total. The third-order valence-corrected chi connectivity index (χ3v) is 5.81. The monoisotopic (exact) mass is 397 g/mol. The standard InChI is InChI=1S/C22H24FN3O3/c23-18-6-1-2-7-20(18)26-12-10-25(11-13-26)16-8-9-19(17(14-16)22(28)29)24-21(27)15-4-3-5-15/h1-2,6-9,14-15H,3-5,10-13H2,(H,24,27)(H,28,29). The van der Waals surface area contributed by atoms with Gasteiger partial charge < -0.3 is 20.2 Å². The number of nitrogens with one attached hydrogen (secondary N) is 1. The van der Waals surface area contributed by atoms with E-state index in [1.54, 1.807) is 24.3 Å². The number of halogens is 1. The number of carboxylic acid groups (broad SMARTS) is 1. The molecule has 2 aromatic carbocycles. The Morgan fingerprint density at radius 1 is 1.00 bits per heavy atom. The van der Waals surface area contributed by atoms with Crippen LogP contribution >= 0.6 is 0 Å². The Morgan fingerprint density at radius 3 is 2.31 bits per heavy atom. The largest absolute Gasteiger partial charge is 0.478 e. The Bertz CT molecular complexity index is 921. The number of aromatic carboxylic acids is 1. The first-order chi connectivity index (χ1) is 14.0. The number of carbonyl (C=O) groups excluding carboxylic acids is 1. The van der Waals surface area contributed by atoms with E-state index in [1.807, 2.05) is 17.0 Å². The maximum absolute atomic E-state index is 14.0. The molecule has 1 saturated heterocycles. The van der Waals surface area contributed by atoms with Gasteiger partial charge in [0.1, 0.15) is 5.82 Å². The lowest BCUT2D eigenvalue weighted by atomic mass is 9.85. The van der Waals surface area contributed by atoms with Gasteiger partial charge in [-0.15, -0.1) is 0 Å². The van der Waals surface area contributed by atoms with E-state index in [0.29, 0.717) is 37.6 Å². The lowest BCUT2D eigenvalue weighted by Gasteiger charge is -2.37. The van der Waals surface area contributed by atoms with Crippen LogP contribution in [0.2, 0.25) is 0 Å². The molecule has 29 heavy (non-hydrogen) atoms. The number of piperazine rings is 1. The summed E-state index contributed by atoms with van der Waals surface area (Å²) >= 11 is 0. The highest BCUT2D eigenvalue weighted by Crippen LogP contribution is 2.30. The van der Waals surface area contributed by atoms with Crippen LogP contribution in [0.3, 0.4) is 0 Å². The molecule has 1 saturated carbocycles. The van der Waals surface area contributed by atoms with Crippen molar-refractivity contribution in [2.24, 2.45) is 5.92 Å². The molecular weight excluding hydrogens is 373 g/mol. The van der Waals surface area contributed by atoms with Gasteiger partial charge in [-0.1, -0.05) is 18.6 Å². The van der Waals surface area contributed by atoms with Crippen LogP contribution in [-0.2, 0) is 4.79 Å². The summed E-state index contributed by atoms with van der Waals surface area (Å²) in [6.07, 6.45) is 2.76. The van der Waals surface area contributed by atoms with Gasteiger partial charge in [0.15, 0.2) is 0 Å². The van der Waals surface area contributed by atoms with Crippen LogP contribution < -0.4 is 15.1 Å². The first kappa shape index (κ1) is 19.2. The normalized spacial score (nSPS) is 17.0. The molecule has 1 aliphatic heterocycles. The van der Waals surface area contributed by atoms with E-state index < -0.39 is 5.97 Å². The van der Waals surface area contributed by atoms with Crippen LogP contribution in [0.5, 0.6) is 0 Å². The predicted molar refractivity (Wildman–Crippen MR) is 110 cm³/mol. The topological polar surface area (TPSA) is 72.9 Å². The minimum absolute atomic E-state index is 0.0113. The zero-order valence-corrected chi connectivity index (χ0v) is 16.1. The highest BCUT2D eigenvalue weighted by molar-refractivity contribution is 6.02. The van der Waals surface area contributed by atoms with Gasteiger partial charge in [0, 0.05) is 37.8 Å². The minimum atomic E-state index is -1.07. The number of carboxylic acids is 1. The molecule has 4 rings (SSSR count). The van der Waals surface area contributed by atoms with Crippen molar-refractivity contribution in [1.29, 1.82) is 0 Å². The van der Waals surface area contributed by atoms with Crippen molar-refractivity contribution < 1.29 is 19.1 Å². The molecule has 0 aromatic heterocycles. The van der Waals surface area contributed by atoms with Gasteiger partial charge >= 0.3 is 5.97 Å². The molecule has 7 heteroatoms. The zero-order valence-electron chi connectivity index (χ0n) is 16.1. The van der Waals surface area contributed by atoms with Gasteiger partial charge in [0.2, 0.25) is 5.91 Å². The zero-order chi connectivity index (χ0) is 20.4. The Kier molecular flexibility index (Phi) is 5.38. The molecule has 2 aliphatic rings. The van der Waals surface area contributed by atoms with Gasteiger partial charge in [-0.25, -0.2) is 9.18 Å². The average molecular weight is 397 g/mol. The van der Waals surface area contributed by atoms with Crippen molar-refractivity contribution in [3.63, 3.8) is 0 Å². The fourth-order valence-corrected chi connectivity index (χ4v) is 3.83. The lowest BCUT2D eigenvalue weighted by Crippen LogP contribution is -2.46.